The third kappa shape index (κ3) is 5.05. The van der Waals surface area contributed by atoms with Crippen LogP contribution in [0.3, 0.4) is 0 Å². The number of guanidine groups is 1. The molecular formula is C20H32N4O3. The molecule has 1 aromatic carbocycles. The lowest BCUT2D eigenvalue weighted by atomic mass is 9.85. The molecule has 7 heteroatoms. The van der Waals surface area contributed by atoms with Gasteiger partial charge < -0.3 is 25.0 Å². The minimum atomic E-state index is -0.385. The maximum absolute atomic E-state index is 12.7. The summed E-state index contributed by atoms with van der Waals surface area (Å²) in [5.74, 6) is 2.15. The first kappa shape index (κ1) is 20.9. The molecule has 1 aliphatic rings. The zero-order chi connectivity index (χ0) is 19.9. The molecule has 0 bridgehead atoms. The van der Waals surface area contributed by atoms with Crippen LogP contribution < -0.4 is 20.1 Å². The molecule has 0 heterocycles. The summed E-state index contributed by atoms with van der Waals surface area (Å²) in [4.78, 5) is 19.2. The number of carbonyl (C=O) groups excluding carboxylic acids is 1. The second-order valence-corrected chi connectivity index (χ2v) is 7.08. The van der Waals surface area contributed by atoms with Gasteiger partial charge in [-0.1, -0.05) is 12.8 Å². The molecule has 0 atom stereocenters. The topological polar surface area (TPSA) is 75.2 Å². The van der Waals surface area contributed by atoms with Crippen molar-refractivity contribution in [3.8, 4) is 11.5 Å². The monoisotopic (exact) mass is 376 g/mol. The van der Waals surface area contributed by atoms with E-state index in [1.807, 2.05) is 39.2 Å². The number of hydrogen-bond donors (Lipinski definition) is 2. The van der Waals surface area contributed by atoms with Crippen molar-refractivity contribution in [3.05, 3.63) is 18.2 Å². The molecule has 0 radical (unpaired) electrons. The number of aliphatic imine (C=N–C) groups is 1. The maximum Gasteiger partial charge on any atom is 0.230 e. The average molecular weight is 377 g/mol. The summed E-state index contributed by atoms with van der Waals surface area (Å²) in [5, 5.41) is 6.54. The summed E-state index contributed by atoms with van der Waals surface area (Å²) >= 11 is 0. The number of carbonyl (C=O) groups is 1. The van der Waals surface area contributed by atoms with E-state index >= 15 is 0 Å². The first-order valence-corrected chi connectivity index (χ1v) is 9.45. The van der Waals surface area contributed by atoms with Crippen LogP contribution in [0.2, 0.25) is 0 Å². The Morgan fingerprint density at radius 3 is 2.41 bits per heavy atom. The van der Waals surface area contributed by atoms with Crippen LogP contribution in [-0.4, -0.2) is 58.2 Å². The van der Waals surface area contributed by atoms with Gasteiger partial charge in [0.2, 0.25) is 5.91 Å². The van der Waals surface area contributed by atoms with Crippen molar-refractivity contribution in [3.63, 3.8) is 0 Å². The van der Waals surface area contributed by atoms with E-state index in [0.717, 1.165) is 37.9 Å². The van der Waals surface area contributed by atoms with E-state index in [-0.39, 0.29) is 11.3 Å². The van der Waals surface area contributed by atoms with Crippen molar-refractivity contribution < 1.29 is 14.3 Å². The fourth-order valence-electron chi connectivity index (χ4n) is 3.55. The molecule has 0 spiro atoms. The lowest BCUT2D eigenvalue weighted by Gasteiger charge is -2.29. The number of methoxy groups -OCH3 is 2. The van der Waals surface area contributed by atoms with E-state index < -0.39 is 0 Å². The lowest BCUT2D eigenvalue weighted by molar-refractivity contribution is -0.138. The van der Waals surface area contributed by atoms with E-state index in [2.05, 4.69) is 10.6 Å². The first-order valence-electron chi connectivity index (χ1n) is 9.45. The number of hydrogen-bond acceptors (Lipinski definition) is 4. The van der Waals surface area contributed by atoms with Crippen molar-refractivity contribution in [2.24, 2.45) is 10.4 Å². The number of nitrogens with zero attached hydrogens (tertiary/aromatic N) is 2. The van der Waals surface area contributed by atoms with Crippen molar-refractivity contribution >= 4 is 17.6 Å². The van der Waals surface area contributed by atoms with Crippen molar-refractivity contribution in [2.75, 3.05) is 46.7 Å². The van der Waals surface area contributed by atoms with Crippen LogP contribution in [0.15, 0.2) is 23.2 Å². The SMILES string of the molecule is CCNC(=NCC1(C(=O)N(C)C)CCCC1)Nc1ccc(OC)c(OC)c1. The van der Waals surface area contributed by atoms with Crippen LogP contribution in [0.25, 0.3) is 0 Å². The molecule has 2 rings (SSSR count). The predicted molar refractivity (Wildman–Crippen MR) is 109 cm³/mol. The van der Waals surface area contributed by atoms with Crippen LogP contribution >= 0.6 is 0 Å². The Kier molecular flexibility index (Phi) is 7.33. The summed E-state index contributed by atoms with van der Waals surface area (Å²) in [5.41, 5.74) is 0.454. The Morgan fingerprint density at radius 2 is 1.85 bits per heavy atom. The second-order valence-electron chi connectivity index (χ2n) is 7.08. The summed E-state index contributed by atoms with van der Waals surface area (Å²) in [6, 6.07) is 5.62. The maximum atomic E-state index is 12.7. The number of amides is 1. The quantitative estimate of drug-likeness (QED) is 0.565. The van der Waals surface area contributed by atoms with Gasteiger partial charge in [0.1, 0.15) is 0 Å². The van der Waals surface area contributed by atoms with Crippen LogP contribution in [0.5, 0.6) is 11.5 Å². The third-order valence-corrected chi connectivity index (χ3v) is 4.95. The highest BCUT2D eigenvalue weighted by molar-refractivity contribution is 5.94. The summed E-state index contributed by atoms with van der Waals surface area (Å²) in [6.45, 7) is 3.22. The highest BCUT2D eigenvalue weighted by atomic mass is 16.5. The minimum absolute atomic E-state index is 0.172. The van der Waals surface area contributed by atoms with Crippen LogP contribution in [-0.2, 0) is 4.79 Å². The van der Waals surface area contributed by atoms with Gasteiger partial charge in [-0.3, -0.25) is 9.79 Å². The van der Waals surface area contributed by atoms with Gasteiger partial charge in [0.25, 0.3) is 0 Å². The van der Waals surface area contributed by atoms with E-state index in [0.29, 0.717) is 24.0 Å². The third-order valence-electron chi connectivity index (χ3n) is 4.95. The fraction of sp³-hybridized carbons (Fsp3) is 0.600. The molecule has 1 saturated carbocycles. The molecule has 1 aromatic rings. The average Bonchev–Trinajstić information content (AvgIpc) is 3.15. The van der Waals surface area contributed by atoms with E-state index in [1.54, 1.807) is 19.1 Å². The van der Waals surface area contributed by atoms with E-state index in [4.69, 9.17) is 14.5 Å². The Labute approximate surface area is 162 Å². The standard InChI is InChI=1S/C20H32N4O3/c1-6-21-19(23-15-9-10-16(26-4)17(13-15)27-5)22-14-20(11-7-8-12-20)18(25)24(2)3/h9-10,13H,6-8,11-12,14H2,1-5H3,(H2,21,22,23). The Bertz CT molecular complexity index is 667. The highest BCUT2D eigenvalue weighted by Gasteiger charge is 2.42. The molecular weight excluding hydrogens is 344 g/mol. The molecule has 1 aliphatic carbocycles. The van der Waals surface area contributed by atoms with E-state index in [9.17, 15) is 4.79 Å². The van der Waals surface area contributed by atoms with Gasteiger partial charge in [0, 0.05) is 32.4 Å². The minimum Gasteiger partial charge on any atom is -0.493 e. The van der Waals surface area contributed by atoms with Crippen LogP contribution in [0.1, 0.15) is 32.6 Å². The predicted octanol–water partition coefficient (Wildman–Crippen LogP) is 2.73. The number of benzene rings is 1. The van der Waals surface area contributed by atoms with Gasteiger partial charge in [-0.25, -0.2) is 0 Å². The molecule has 27 heavy (non-hydrogen) atoms. The molecule has 150 valence electrons. The Balaban J connectivity index is 2.19. The summed E-state index contributed by atoms with van der Waals surface area (Å²) < 4.78 is 10.6. The van der Waals surface area contributed by atoms with Crippen molar-refractivity contribution in [1.29, 1.82) is 0 Å². The Hall–Kier alpha value is -2.44. The fourth-order valence-corrected chi connectivity index (χ4v) is 3.55. The summed E-state index contributed by atoms with van der Waals surface area (Å²) in [7, 11) is 6.86. The normalized spacial score (nSPS) is 16.0. The molecule has 1 amide bonds. The summed E-state index contributed by atoms with van der Waals surface area (Å²) in [6.07, 6.45) is 3.94. The number of ether oxygens (including phenoxy) is 2. The van der Waals surface area contributed by atoms with Crippen molar-refractivity contribution in [1.82, 2.24) is 10.2 Å². The highest BCUT2D eigenvalue weighted by Crippen LogP contribution is 2.39. The smallest absolute Gasteiger partial charge is 0.230 e. The molecule has 0 aromatic heterocycles. The molecule has 0 unspecified atom stereocenters. The first-order chi connectivity index (χ1) is 13.0. The van der Waals surface area contributed by atoms with Gasteiger partial charge in [0.05, 0.1) is 26.2 Å². The molecule has 0 saturated heterocycles. The number of rotatable bonds is 7. The van der Waals surface area contributed by atoms with Gasteiger partial charge in [-0.2, -0.15) is 0 Å². The van der Waals surface area contributed by atoms with Crippen molar-refractivity contribution in [2.45, 2.75) is 32.6 Å². The van der Waals surface area contributed by atoms with E-state index in [1.165, 1.54) is 0 Å². The Morgan fingerprint density at radius 1 is 1.19 bits per heavy atom. The van der Waals surface area contributed by atoms with Gasteiger partial charge in [-0.15, -0.1) is 0 Å². The number of nitrogens with one attached hydrogen (secondary N) is 2. The van der Waals surface area contributed by atoms with Gasteiger partial charge in [-0.05, 0) is 31.9 Å². The zero-order valence-electron chi connectivity index (χ0n) is 17.1. The zero-order valence-corrected chi connectivity index (χ0v) is 17.1. The van der Waals surface area contributed by atoms with Gasteiger partial charge >= 0.3 is 0 Å². The molecule has 2 N–H and O–H groups in total. The molecule has 1 fully saturated rings. The second kappa shape index (κ2) is 9.48. The largest absolute Gasteiger partial charge is 0.493 e. The number of anilines is 1. The molecule has 7 nitrogen and oxygen atoms in total. The lowest BCUT2D eigenvalue weighted by Crippen LogP contribution is -2.41. The van der Waals surface area contributed by atoms with Gasteiger partial charge in [0.15, 0.2) is 17.5 Å². The van der Waals surface area contributed by atoms with Crippen LogP contribution in [0.4, 0.5) is 5.69 Å². The van der Waals surface area contributed by atoms with Crippen LogP contribution in [0, 0.1) is 5.41 Å². The molecule has 0 aliphatic heterocycles.